The molecule has 0 bridgehead atoms. The fourth-order valence-corrected chi connectivity index (χ4v) is 3.81. The standard InChI is InChI=1S/C17H14ClN3O2S2/c1-21(8-15(22)19-13-5-3-2-4-12(13)18)17(23)14-10-25-16(20-14)11-6-7-24-9-11/h2-7,9-10H,8H2,1H3,(H,19,22). The van der Waals surface area contributed by atoms with Crippen molar-refractivity contribution in [3.05, 3.63) is 57.2 Å². The van der Waals surface area contributed by atoms with E-state index in [4.69, 9.17) is 11.6 Å². The number of halogens is 1. The van der Waals surface area contributed by atoms with Gasteiger partial charge in [-0.2, -0.15) is 11.3 Å². The molecule has 0 aliphatic heterocycles. The number of carbonyl (C=O) groups is 2. The summed E-state index contributed by atoms with van der Waals surface area (Å²) in [5, 5.41) is 9.58. The van der Waals surface area contributed by atoms with Gasteiger partial charge >= 0.3 is 0 Å². The minimum atomic E-state index is -0.322. The molecule has 0 unspecified atom stereocenters. The number of amides is 2. The molecule has 1 N–H and O–H groups in total. The van der Waals surface area contributed by atoms with Gasteiger partial charge in [0.05, 0.1) is 17.3 Å². The number of hydrogen-bond donors (Lipinski definition) is 1. The first kappa shape index (κ1) is 17.6. The van der Waals surface area contributed by atoms with E-state index in [1.807, 2.05) is 16.8 Å². The number of nitrogens with one attached hydrogen (secondary N) is 1. The summed E-state index contributed by atoms with van der Waals surface area (Å²) < 4.78 is 0. The molecular formula is C17H14ClN3O2S2. The number of rotatable bonds is 5. The molecule has 2 amide bonds. The molecule has 0 spiro atoms. The van der Waals surface area contributed by atoms with Crippen LogP contribution >= 0.6 is 34.3 Å². The largest absolute Gasteiger partial charge is 0.331 e. The number of para-hydroxylation sites is 1. The Hall–Kier alpha value is -2.22. The van der Waals surface area contributed by atoms with E-state index in [2.05, 4.69) is 10.3 Å². The van der Waals surface area contributed by atoms with Crippen LogP contribution in [0.3, 0.4) is 0 Å². The Labute approximate surface area is 157 Å². The molecule has 0 aliphatic rings. The first-order valence-corrected chi connectivity index (χ1v) is 9.52. The van der Waals surface area contributed by atoms with E-state index in [9.17, 15) is 9.59 Å². The average molecular weight is 392 g/mol. The first-order chi connectivity index (χ1) is 12.0. The minimum absolute atomic E-state index is 0.0879. The summed E-state index contributed by atoms with van der Waals surface area (Å²) in [5.74, 6) is -0.621. The van der Waals surface area contributed by atoms with Gasteiger partial charge in [-0.25, -0.2) is 4.98 Å². The lowest BCUT2D eigenvalue weighted by atomic mass is 10.3. The van der Waals surface area contributed by atoms with Crippen molar-refractivity contribution in [2.45, 2.75) is 0 Å². The van der Waals surface area contributed by atoms with Crippen LogP contribution in [-0.2, 0) is 4.79 Å². The van der Waals surface area contributed by atoms with Crippen LogP contribution in [-0.4, -0.2) is 35.3 Å². The van der Waals surface area contributed by atoms with Crippen molar-refractivity contribution in [2.24, 2.45) is 0 Å². The normalized spacial score (nSPS) is 10.5. The van der Waals surface area contributed by atoms with Crippen molar-refractivity contribution in [1.29, 1.82) is 0 Å². The van der Waals surface area contributed by atoms with Crippen molar-refractivity contribution >= 4 is 51.8 Å². The quantitative estimate of drug-likeness (QED) is 0.707. The topological polar surface area (TPSA) is 62.3 Å². The maximum absolute atomic E-state index is 12.4. The van der Waals surface area contributed by atoms with Crippen LogP contribution in [0.1, 0.15) is 10.5 Å². The van der Waals surface area contributed by atoms with E-state index >= 15 is 0 Å². The van der Waals surface area contributed by atoms with Gasteiger partial charge < -0.3 is 10.2 Å². The lowest BCUT2D eigenvalue weighted by Crippen LogP contribution is -2.35. The summed E-state index contributed by atoms with van der Waals surface area (Å²) in [6, 6.07) is 8.90. The Morgan fingerprint density at radius 3 is 2.76 bits per heavy atom. The van der Waals surface area contributed by atoms with Crippen LogP contribution in [0.5, 0.6) is 0 Å². The van der Waals surface area contributed by atoms with Crippen LogP contribution in [0.4, 0.5) is 5.69 Å². The Balaban J connectivity index is 1.63. The SMILES string of the molecule is CN(CC(=O)Nc1ccccc1Cl)C(=O)c1csc(-c2ccsc2)n1. The lowest BCUT2D eigenvalue weighted by Gasteiger charge is -2.16. The Morgan fingerprint density at radius 2 is 2.04 bits per heavy atom. The van der Waals surface area contributed by atoms with Crippen molar-refractivity contribution in [3.8, 4) is 10.6 Å². The number of aromatic nitrogens is 1. The van der Waals surface area contributed by atoms with Crippen molar-refractivity contribution < 1.29 is 9.59 Å². The highest BCUT2D eigenvalue weighted by atomic mass is 35.5. The molecule has 2 heterocycles. The maximum atomic E-state index is 12.4. The fourth-order valence-electron chi connectivity index (χ4n) is 2.13. The summed E-state index contributed by atoms with van der Waals surface area (Å²) in [4.78, 5) is 30.3. The van der Waals surface area contributed by atoms with E-state index in [-0.39, 0.29) is 18.4 Å². The Bertz CT molecular complexity index is 893. The highest BCUT2D eigenvalue weighted by Gasteiger charge is 2.19. The van der Waals surface area contributed by atoms with Gasteiger partial charge in [0.25, 0.3) is 5.91 Å². The number of thiophene rings is 1. The van der Waals surface area contributed by atoms with Gasteiger partial charge in [-0.3, -0.25) is 9.59 Å². The third-order valence-electron chi connectivity index (χ3n) is 3.37. The molecule has 8 heteroatoms. The molecule has 128 valence electrons. The van der Waals surface area contributed by atoms with Crippen LogP contribution in [0, 0.1) is 0 Å². The summed E-state index contributed by atoms with van der Waals surface area (Å²) in [6.07, 6.45) is 0. The zero-order valence-electron chi connectivity index (χ0n) is 13.2. The van der Waals surface area contributed by atoms with E-state index in [0.717, 1.165) is 10.6 Å². The highest BCUT2D eigenvalue weighted by Crippen LogP contribution is 2.26. The van der Waals surface area contributed by atoms with Crippen LogP contribution in [0.15, 0.2) is 46.5 Å². The number of carbonyl (C=O) groups excluding carboxylic acids is 2. The number of anilines is 1. The molecular weight excluding hydrogens is 378 g/mol. The van der Waals surface area contributed by atoms with Gasteiger partial charge in [-0.1, -0.05) is 23.7 Å². The molecule has 5 nitrogen and oxygen atoms in total. The van der Waals surface area contributed by atoms with Gasteiger partial charge in [0.15, 0.2) is 0 Å². The minimum Gasteiger partial charge on any atom is -0.331 e. The van der Waals surface area contributed by atoms with E-state index in [0.29, 0.717) is 16.4 Å². The summed E-state index contributed by atoms with van der Waals surface area (Å²) in [6.45, 7) is -0.0879. The zero-order valence-corrected chi connectivity index (χ0v) is 15.6. The van der Waals surface area contributed by atoms with Crippen LogP contribution in [0.2, 0.25) is 5.02 Å². The van der Waals surface area contributed by atoms with Gasteiger partial charge in [0.2, 0.25) is 5.91 Å². The van der Waals surface area contributed by atoms with Gasteiger partial charge in [0.1, 0.15) is 10.7 Å². The average Bonchev–Trinajstić information content (AvgIpc) is 3.27. The Morgan fingerprint density at radius 1 is 1.24 bits per heavy atom. The predicted molar refractivity (Wildman–Crippen MR) is 102 cm³/mol. The molecule has 25 heavy (non-hydrogen) atoms. The second kappa shape index (κ2) is 7.77. The third-order valence-corrected chi connectivity index (χ3v) is 5.27. The number of nitrogens with zero attached hydrogens (tertiary/aromatic N) is 2. The molecule has 0 saturated carbocycles. The molecule has 0 fully saturated rings. The maximum Gasteiger partial charge on any atom is 0.273 e. The Kier molecular flexibility index (Phi) is 5.47. The second-order valence-electron chi connectivity index (χ2n) is 5.24. The molecule has 0 radical (unpaired) electrons. The molecule has 0 saturated heterocycles. The van der Waals surface area contributed by atoms with Crippen molar-refractivity contribution in [2.75, 3.05) is 18.9 Å². The van der Waals surface area contributed by atoms with E-state index < -0.39 is 0 Å². The fraction of sp³-hybridized carbons (Fsp3) is 0.118. The highest BCUT2D eigenvalue weighted by molar-refractivity contribution is 7.14. The van der Waals surface area contributed by atoms with E-state index in [1.54, 1.807) is 48.0 Å². The van der Waals surface area contributed by atoms with Crippen molar-refractivity contribution in [1.82, 2.24) is 9.88 Å². The molecule has 3 aromatic rings. The molecule has 0 aliphatic carbocycles. The smallest absolute Gasteiger partial charge is 0.273 e. The number of hydrogen-bond acceptors (Lipinski definition) is 5. The molecule has 0 atom stereocenters. The molecule has 2 aromatic heterocycles. The predicted octanol–water partition coefficient (Wildman–Crippen LogP) is 4.24. The van der Waals surface area contributed by atoms with E-state index in [1.165, 1.54) is 16.2 Å². The summed E-state index contributed by atoms with van der Waals surface area (Å²) in [5.41, 5.74) is 1.84. The number of likely N-dealkylation sites (N-methyl/N-ethyl adjacent to an activating group) is 1. The molecule has 3 rings (SSSR count). The molecule has 1 aromatic carbocycles. The number of benzene rings is 1. The lowest BCUT2D eigenvalue weighted by molar-refractivity contribution is -0.116. The number of thiazole rings is 1. The zero-order chi connectivity index (χ0) is 17.8. The third kappa shape index (κ3) is 4.25. The second-order valence-corrected chi connectivity index (χ2v) is 7.28. The van der Waals surface area contributed by atoms with Gasteiger partial charge in [-0.05, 0) is 23.6 Å². The monoisotopic (exact) mass is 391 g/mol. The summed E-state index contributed by atoms with van der Waals surface area (Å²) >= 11 is 8.99. The van der Waals surface area contributed by atoms with Crippen molar-refractivity contribution in [3.63, 3.8) is 0 Å². The van der Waals surface area contributed by atoms with Gasteiger partial charge in [-0.15, -0.1) is 11.3 Å². The summed E-state index contributed by atoms with van der Waals surface area (Å²) in [7, 11) is 1.57. The first-order valence-electron chi connectivity index (χ1n) is 7.32. The van der Waals surface area contributed by atoms with Crippen LogP contribution < -0.4 is 5.32 Å². The van der Waals surface area contributed by atoms with Crippen LogP contribution in [0.25, 0.3) is 10.6 Å². The van der Waals surface area contributed by atoms with Gasteiger partial charge in [0, 0.05) is 23.4 Å².